The maximum atomic E-state index is 13.4. The molecule has 4 heterocycles. The SMILES string of the molecule is CC(C)(C)OCCC(CNC=O)n1c(-c2cccnc2N)nc2cnc3c(ccn3[S+]([O-])c3ccccc3)c21. The standard InChI is InChI=1S/C28H31N7O3S/c1-28(2,3)38-15-12-19(16-30-18-36)35-24-21-11-14-34(39(37)20-8-5-4-6-9-20)26(21)32-17-23(24)33-27(35)22-10-7-13-31-25(22)29/h4-11,13-14,17-19H,12,15-16H2,1-3H3,(H2,29,31)(H,30,36). The monoisotopic (exact) mass is 545 g/mol. The number of hydrogen-bond donors (Lipinski definition) is 2. The van der Waals surface area contributed by atoms with Crippen molar-refractivity contribution in [2.24, 2.45) is 0 Å². The van der Waals surface area contributed by atoms with Crippen molar-refractivity contribution in [1.29, 1.82) is 0 Å². The minimum atomic E-state index is -1.49. The molecule has 1 aromatic carbocycles. The molecule has 0 fully saturated rings. The zero-order valence-corrected chi connectivity index (χ0v) is 22.9. The van der Waals surface area contributed by atoms with Crippen LogP contribution < -0.4 is 11.1 Å². The summed E-state index contributed by atoms with van der Waals surface area (Å²) < 4.78 is 23.2. The largest absolute Gasteiger partial charge is 0.587 e. The number of nitrogens with one attached hydrogen (secondary N) is 1. The third-order valence-electron chi connectivity index (χ3n) is 6.32. The first kappa shape index (κ1) is 26.7. The lowest BCUT2D eigenvalue weighted by Crippen LogP contribution is -2.28. The maximum Gasteiger partial charge on any atom is 0.207 e. The van der Waals surface area contributed by atoms with E-state index in [0.717, 1.165) is 10.9 Å². The number of ether oxygens (including phenoxy) is 1. The van der Waals surface area contributed by atoms with Gasteiger partial charge in [0.25, 0.3) is 0 Å². The van der Waals surface area contributed by atoms with Crippen LogP contribution in [0.1, 0.15) is 33.2 Å². The molecule has 202 valence electrons. The van der Waals surface area contributed by atoms with Crippen molar-refractivity contribution >= 4 is 45.7 Å². The van der Waals surface area contributed by atoms with E-state index in [0.29, 0.717) is 59.2 Å². The van der Waals surface area contributed by atoms with Gasteiger partial charge in [-0.2, -0.15) is 0 Å². The third-order valence-corrected chi connectivity index (χ3v) is 7.65. The molecule has 4 aromatic heterocycles. The normalized spacial score (nSPS) is 13.5. The number of amides is 1. The van der Waals surface area contributed by atoms with E-state index in [2.05, 4.69) is 19.9 Å². The summed E-state index contributed by atoms with van der Waals surface area (Å²) in [6.45, 7) is 6.82. The van der Waals surface area contributed by atoms with E-state index in [4.69, 9.17) is 15.5 Å². The number of nitrogen functional groups attached to an aromatic ring is 1. The Kier molecular flexibility index (Phi) is 7.56. The van der Waals surface area contributed by atoms with Crippen molar-refractivity contribution in [3.63, 3.8) is 0 Å². The predicted octanol–water partition coefficient (Wildman–Crippen LogP) is 4.09. The number of benzene rings is 1. The molecule has 0 saturated heterocycles. The van der Waals surface area contributed by atoms with Gasteiger partial charge in [0, 0.05) is 24.7 Å². The highest BCUT2D eigenvalue weighted by atomic mass is 32.2. The molecule has 1 amide bonds. The van der Waals surface area contributed by atoms with Crippen molar-refractivity contribution in [2.75, 3.05) is 18.9 Å². The number of pyridine rings is 2. The lowest BCUT2D eigenvalue weighted by molar-refractivity contribution is -0.109. The molecule has 0 saturated carbocycles. The van der Waals surface area contributed by atoms with Gasteiger partial charge in [-0.15, -0.1) is 3.97 Å². The summed E-state index contributed by atoms with van der Waals surface area (Å²) in [4.78, 5) is 25.9. The Morgan fingerprint density at radius 3 is 2.67 bits per heavy atom. The summed E-state index contributed by atoms with van der Waals surface area (Å²) in [6, 6.07) is 14.6. The number of anilines is 1. The van der Waals surface area contributed by atoms with E-state index in [1.165, 1.54) is 0 Å². The summed E-state index contributed by atoms with van der Waals surface area (Å²) in [7, 11) is 0. The van der Waals surface area contributed by atoms with Gasteiger partial charge in [-0.25, -0.2) is 15.0 Å². The van der Waals surface area contributed by atoms with E-state index >= 15 is 0 Å². The number of carbonyl (C=O) groups excluding carboxylic acids is 1. The molecule has 10 nitrogen and oxygen atoms in total. The van der Waals surface area contributed by atoms with Gasteiger partial charge < -0.3 is 24.9 Å². The Hall–Kier alpha value is -3.93. The van der Waals surface area contributed by atoms with Crippen LogP contribution in [-0.4, -0.2) is 53.2 Å². The highest BCUT2D eigenvalue weighted by Crippen LogP contribution is 2.36. The van der Waals surface area contributed by atoms with Crippen LogP contribution >= 0.6 is 0 Å². The highest BCUT2D eigenvalue weighted by molar-refractivity contribution is 7.90. The Morgan fingerprint density at radius 2 is 1.95 bits per heavy atom. The summed E-state index contributed by atoms with van der Waals surface area (Å²) in [5, 5.41) is 3.62. The zero-order valence-electron chi connectivity index (χ0n) is 22.1. The summed E-state index contributed by atoms with van der Waals surface area (Å²) in [6.07, 6.45) is 6.37. The fraction of sp³-hybridized carbons (Fsp3) is 0.286. The molecule has 0 aliphatic heterocycles. The lowest BCUT2D eigenvalue weighted by atomic mass is 10.1. The predicted molar refractivity (Wildman–Crippen MR) is 152 cm³/mol. The number of nitrogens with zero attached hydrogens (tertiary/aromatic N) is 5. The molecule has 0 aliphatic rings. The first-order valence-electron chi connectivity index (χ1n) is 12.7. The molecule has 0 aliphatic carbocycles. The van der Waals surface area contributed by atoms with Crippen LogP contribution in [0.5, 0.6) is 0 Å². The number of nitrogens with two attached hydrogens (primary N) is 1. The lowest BCUT2D eigenvalue weighted by Gasteiger charge is -2.25. The minimum Gasteiger partial charge on any atom is -0.587 e. The molecule has 0 bridgehead atoms. The van der Waals surface area contributed by atoms with E-state index in [1.54, 1.807) is 22.6 Å². The van der Waals surface area contributed by atoms with Crippen molar-refractivity contribution in [2.45, 2.75) is 43.7 Å². The second-order valence-electron chi connectivity index (χ2n) is 10.1. The minimum absolute atomic E-state index is 0.231. The average Bonchev–Trinajstić information content (AvgIpc) is 3.52. The van der Waals surface area contributed by atoms with E-state index < -0.39 is 11.4 Å². The molecule has 11 heteroatoms. The Bertz CT molecular complexity index is 1590. The number of hydrogen-bond acceptors (Lipinski definition) is 7. The number of aromatic nitrogens is 5. The summed E-state index contributed by atoms with van der Waals surface area (Å²) >= 11 is -1.49. The number of rotatable bonds is 10. The van der Waals surface area contributed by atoms with Crippen LogP contribution in [0.4, 0.5) is 5.82 Å². The first-order chi connectivity index (χ1) is 18.8. The van der Waals surface area contributed by atoms with Crippen molar-refractivity contribution < 1.29 is 14.1 Å². The second kappa shape index (κ2) is 11.0. The van der Waals surface area contributed by atoms with Crippen molar-refractivity contribution in [1.82, 2.24) is 28.8 Å². The molecule has 39 heavy (non-hydrogen) atoms. The zero-order chi connectivity index (χ0) is 27.6. The van der Waals surface area contributed by atoms with Gasteiger partial charge in [0.15, 0.2) is 10.5 Å². The third kappa shape index (κ3) is 5.47. The molecule has 5 rings (SSSR count). The molecule has 0 radical (unpaired) electrons. The Labute approximate surface area is 229 Å². The van der Waals surface area contributed by atoms with Crippen LogP contribution in [0.25, 0.3) is 33.5 Å². The van der Waals surface area contributed by atoms with Gasteiger partial charge >= 0.3 is 0 Å². The molecule has 3 N–H and O–H groups in total. The Morgan fingerprint density at radius 1 is 1.15 bits per heavy atom. The van der Waals surface area contributed by atoms with Crippen LogP contribution in [0.2, 0.25) is 0 Å². The van der Waals surface area contributed by atoms with Gasteiger partial charge in [0.2, 0.25) is 6.41 Å². The second-order valence-corrected chi connectivity index (χ2v) is 11.5. The Balaban J connectivity index is 1.71. The molecular weight excluding hydrogens is 514 g/mol. The average molecular weight is 546 g/mol. The smallest absolute Gasteiger partial charge is 0.207 e. The molecule has 5 aromatic rings. The molecule has 2 unspecified atom stereocenters. The van der Waals surface area contributed by atoms with E-state index in [9.17, 15) is 9.35 Å². The van der Waals surface area contributed by atoms with Gasteiger partial charge in [-0.3, -0.25) is 4.79 Å². The summed E-state index contributed by atoms with van der Waals surface area (Å²) in [5.74, 6) is 0.948. The van der Waals surface area contributed by atoms with Crippen LogP contribution in [-0.2, 0) is 20.9 Å². The topological polar surface area (TPSA) is 136 Å². The number of fused-ring (bicyclic) bond motifs is 3. The molecule has 2 atom stereocenters. The van der Waals surface area contributed by atoms with Gasteiger partial charge in [-0.1, -0.05) is 18.2 Å². The molecule has 0 spiro atoms. The number of imidazole rings is 1. The van der Waals surface area contributed by atoms with Crippen LogP contribution in [0.15, 0.2) is 72.0 Å². The number of carbonyl (C=O) groups is 1. The quantitative estimate of drug-likeness (QED) is 0.199. The van der Waals surface area contributed by atoms with Gasteiger partial charge in [-0.05, 0) is 57.5 Å². The first-order valence-corrected chi connectivity index (χ1v) is 13.8. The fourth-order valence-electron chi connectivity index (χ4n) is 4.59. The van der Waals surface area contributed by atoms with Crippen molar-refractivity contribution in [3.05, 3.63) is 67.1 Å². The maximum absolute atomic E-state index is 13.4. The fourth-order valence-corrected chi connectivity index (χ4v) is 5.68. The molecular formula is C28H31N7O3S. The van der Waals surface area contributed by atoms with E-state index in [-0.39, 0.29) is 11.6 Å². The van der Waals surface area contributed by atoms with Gasteiger partial charge in [0.05, 0.1) is 35.1 Å². The summed E-state index contributed by atoms with van der Waals surface area (Å²) in [5.41, 5.74) is 8.67. The van der Waals surface area contributed by atoms with Crippen molar-refractivity contribution in [3.8, 4) is 11.4 Å². The highest BCUT2D eigenvalue weighted by Gasteiger charge is 2.27. The van der Waals surface area contributed by atoms with E-state index in [1.807, 2.05) is 69.3 Å². The van der Waals surface area contributed by atoms with Gasteiger partial charge in [0.1, 0.15) is 28.5 Å². The van der Waals surface area contributed by atoms with Crippen LogP contribution in [0.3, 0.4) is 0 Å². The van der Waals surface area contributed by atoms with Crippen LogP contribution in [0, 0.1) is 0 Å².